The molecular formula is C26H27ClN4O4. The monoisotopic (exact) mass is 494 g/mol. The summed E-state index contributed by atoms with van der Waals surface area (Å²) in [4.78, 5) is 14.8. The highest BCUT2D eigenvalue weighted by atomic mass is 35.5. The number of fused-ring (bicyclic) bond motifs is 1. The topological polar surface area (TPSA) is 87.5 Å². The van der Waals surface area contributed by atoms with Crippen molar-refractivity contribution in [1.82, 2.24) is 15.0 Å². The van der Waals surface area contributed by atoms with Crippen LogP contribution in [-0.4, -0.2) is 40.7 Å². The molecule has 0 aliphatic heterocycles. The van der Waals surface area contributed by atoms with Crippen molar-refractivity contribution in [2.45, 2.75) is 27.7 Å². The lowest BCUT2D eigenvalue weighted by Crippen LogP contribution is -2.14. The van der Waals surface area contributed by atoms with Gasteiger partial charge < -0.3 is 19.5 Å². The molecule has 35 heavy (non-hydrogen) atoms. The summed E-state index contributed by atoms with van der Waals surface area (Å²) in [5, 5.41) is 12.7. The Labute approximate surface area is 208 Å². The van der Waals surface area contributed by atoms with Gasteiger partial charge in [-0.3, -0.25) is 4.79 Å². The van der Waals surface area contributed by atoms with Crippen molar-refractivity contribution >= 4 is 34.2 Å². The first kappa shape index (κ1) is 24.3. The van der Waals surface area contributed by atoms with Crippen LogP contribution < -0.4 is 19.5 Å². The van der Waals surface area contributed by atoms with Crippen molar-refractivity contribution in [1.29, 1.82) is 0 Å². The number of anilines is 1. The number of ether oxygens (including phenoxy) is 3. The smallest absolute Gasteiger partial charge is 0.255 e. The summed E-state index contributed by atoms with van der Waals surface area (Å²) < 4.78 is 17.2. The van der Waals surface area contributed by atoms with E-state index in [0.29, 0.717) is 64.4 Å². The van der Waals surface area contributed by atoms with Crippen LogP contribution in [0.4, 0.5) is 5.69 Å². The molecule has 0 fully saturated rings. The number of amides is 1. The van der Waals surface area contributed by atoms with Crippen molar-refractivity contribution in [2.75, 3.05) is 25.1 Å². The SMILES string of the molecule is CCOc1cc(C(=O)Nc2cc3nn(-c4ccc(Cl)cc4)nc3cc2C)cc(OCC)c1OCC. The Morgan fingerprint density at radius 1 is 0.886 bits per heavy atom. The minimum absolute atomic E-state index is 0.303. The predicted molar refractivity (Wildman–Crippen MR) is 137 cm³/mol. The molecule has 3 aromatic carbocycles. The fourth-order valence-corrected chi connectivity index (χ4v) is 3.73. The molecule has 4 rings (SSSR count). The molecule has 0 saturated heterocycles. The van der Waals surface area contributed by atoms with Gasteiger partial charge in [-0.25, -0.2) is 0 Å². The second-order valence-electron chi connectivity index (χ2n) is 7.68. The fourth-order valence-electron chi connectivity index (χ4n) is 3.61. The van der Waals surface area contributed by atoms with E-state index in [9.17, 15) is 4.79 Å². The highest BCUT2D eigenvalue weighted by Crippen LogP contribution is 2.39. The van der Waals surface area contributed by atoms with E-state index in [-0.39, 0.29) is 5.91 Å². The molecule has 0 spiro atoms. The van der Waals surface area contributed by atoms with E-state index in [1.165, 1.54) is 0 Å². The summed E-state index contributed by atoms with van der Waals surface area (Å²) in [6, 6.07) is 14.3. The molecule has 1 heterocycles. The van der Waals surface area contributed by atoms with Crippen LogP contribution in [0.25, 0.3) is 16.7 Å². The molecule has 0 saturated carbocycles. The first-order valence-corrected chi connectivity index (χ1v) is 11.8. The normalized spacial score (nSPS) is 10.9. The van der Waals surface area contributed by atoms with Crippen LogP contribution in [-0.2, 0) is 0 Å². The molecule has 8 nitrogen and oxygen atoms in total. The second-order valence-corrected chi connectivity index (χ2v) is 8.11. The Morgan fingerprint density at radius 3 is 2.03 bits per heavy atom. The molecular weight excluding hydrogens is 468 g/mol. The molecule has 0 radical (unpaired) electrons. The molecule has 182 valence electrons. The number of nitrogens with zero attached hydrogens (tertiary/aromatic N) is 3. The van der Waals surface area contributed by atoms with Crippen LogP contribution >= 0.6 is 11.6 Å². The second kappa shape index (κ2) is 10.7. The number of nitrogens with one attached hydrogen (secondary N) is 1. The number of rotatable bonds is 9. The van der Waals surface area contributed by atoms with E-state index in [0.717, 1.165) is 11.3 Å². The Morgan fingerprint density at radius 2 is 1.46 bits per heavy atom. The molecule has 4 aromatic rings. The summed E-state index contributed by atoms with van der Waals surface area (Å²) in [6.45, 7) is 8.84. The maximum atomic E-state index is 13.2. The Hall–Kier alpha value is -3.78. The average molecular weight is 495 g/mol. The predicted octanol–water partition coefficient (Wildman–Crippen LogP) is 5.83. The standard InChI is InChI=1S/C26H27ClN4O4/c1-5-33-23-13-17(14-24(34-6-2)25(23)35-7-3)26(32)28-20-15-22-21(12-16(20)4)29-31(30-22)19-10-8-18(27)9-11-19/h8-15H,5-7H2,1-4H3,(H,28,32). The maximum absolute atomic E-state index is 13.2. The molecule has 0 aliphatic carbocycles. The van der Waals surface area contributed by atoms with Crippen molar-refractivity contribution in [2.24, 2.45) is 0 Å². The van der Waals surface area contributed by atoms with Gasteiger partial charge in [0.25, 0.3) is 5.91 Å². The maximum Gasteiger partial charge on any atom is 0.255 e. The largest absolute Gasteiger partial charge is 0.490 e. The van der Waals surface area contributed by atoms with Crippen LogP contribution in [0.2, 0.25) is 5.02 Å². The summed E-state index contributed by atoms with van der Waals surface area (Å²) >= 11 is 5.98. The van der Waals surface area contributed by atoms with E-state index >= 15 is 0 Å². The van der Waals surface area contributed by atoms with Crippen LogP contribution in [0.3, 0.4) is 0 Å². The van der Waals surface area contributed by atoms with E-state index in [4.69, 9.17) is 25.8 Å². The van der Waals surface area contributed by atoms with Crippen LogP contribution in [0, 0.1) is 6.92 Å². The average Bonchev–Trinajstić information content (AvgIpc) is 3.24. The molecule has 0 aliphatic rings. The number of hydrogen-bond donors (Lipinski definition) is 1. The van der Waals surface area contributed by atoms with Gasteiger partial charge in [-0.2, -0.15) is 4.80 Å². The van der Waals surface area contributed by atoms with Crippen LogP contribution in [0.5, 0.6) is 17.2 Å². The zero-order valence-corrected chi connectivity index (χ0v) is 20.8. The molecule has 1 N–H and O–H groups in total. The molecule has 9 heteroatoms. The number of aryl methyl sites for hydroxylation is 1. The summed E-state index contributed by atoms with van der Waals surface area (Å²) in [6.07, 6.45) is 0. The number of carbonyl (C=O) groups is 1. The molecule has 0 unspecified atom stereocenters. The van der Waals surface area contributed by atoms with Crippen molar-refractivity contribution < 1.29 is 19.0 Å². The van der Waals surface area contributed by atoms with Crippen molar-refractivity contribution in [3.05, 3.63) is 64.7 Å². The minimum atomic E-state index is -0.303. The number of hydrogen-bond acceptors (Lipinski definition) is 6. The highest BCUT2D eigenvalue weighted by molar-refractivity contribution is 6.30. The van der Waals surface area contributed by atoms with Crippen LogP contribution in [0.15, 0.2) is 48.5 Å². The van der Waals surface area contributed by atoms with E-state index in [1.54, 1.807) is 29.1 Å². The van der Waals surface area contributed by atoms with Gasteiger partial charge in [0.1, 0.15) is 11.0 Å². The summed E-state index contributed by atoms with van der Waals surface area (Å²) in [7, 11) is 0. The zero-order chi connectivity index (χ0) is 24.9. The number of benzene rings is 3. The van der Waals surface area contributed by atoms with Gasteiger partial charge in [0.05, 0.1) is 25.5 Å². The first-order chi connectivity index (χ1) is 16.9. The minimum Gasteiger partial charge on any atom is -0.490 e. The molecule has 1 aromatic heterocycles. The van der Waals surface area contributed by atoms with Crippen molar-refractivity contribution in [3.8, 4) is 22.9 Å². The van der Waals surface area contributed by atoms with Gasteiger partial charge in [-0.05, 0) is 81.8 Å². The first-order valence-electron chi connectivity index (χ1n) is 11.4. The van der Waals surface area contributed by atoms with Crippen LogP contribution in [0.1, 0.15) is 36.7 Å². The van der Waals surface area contributed by atoms with E-state index in [2.05, 4.69) is 15.5 Å². The molecule has 0 bridgehead atoms. The van der Waals surface area contributed by atoms with Gasteiger partial charge in [0.2, 0.25) is 5.75 Å². The van der Waals surface area contributed by atoms with Gasteiger partial charge in [-0.1, -0.05) is 11.6 Å². The third-order valence-electron chi connectivity index (χ3n) is 5.20. The third-order valence-corrected chi connectivity index (χ3v) is 5.46. The Bertz CT molecular complexity index is 1320. The van der Waals surface area contributed by atoms with Crippen molar-refractivity contribution in [3.63, 3.8) is 0 Å². The third kappa shape index (κ3) is 5.33. The Kier molecular flexibility index (Phi) is 7.41. The fraction of sp³-hybridized carbons (Fsp3) is 0.269. The lowest BCUT2D eigenvalue weighted by molar-refractivity contribution is 0.102. The quantitative estimate of drug-likeness (QED) is 0.315. The highest BCUT2D eigenvalue weighted by Gasteiger charge is 2.19. The Balaban J connectivity index is 1.65. The molecule has 1 amide bonds. The number of halogens is 1. The lowest BCUT2D eigenvalue weighted by atomic mass is 10.1. The summed E-state index contributed by atoms with van der Waals surface area (Å²) in [5.41, 5.74) is 4.04. The number of carbonyl (C=O) groups excluding carboxylic acids is 1. The summed E-state index contributed by atoms with van der Waals surface area (Å²) in [5.74, 6) is 1.11. The number of aromatic nitrogens is 3. The van der Waals surface area contributed by atoms with Gasteiger partial charge >= 0.3 is 0 Å². The zero-order valence-electron chi connectivity index (χ0n) is 20.1. The van der Waals surface area contributed by atoms with E-state index in [1.807, 2.05) is 52.0 Å². The van der Waals surface area contributed by atoms with Gasteiger partial charge in [0.15, 0.2) is 11.5 Å². The van der Waals surface area contributed by atoms with Gasteiger partial charge in [-0.15, -0.1) is 10.2 Å². The lowest BCUT2D eigenvalue weighted by Gasteiger charge is -2.17. The van der Waals surface area contributed by atoms with Gasteiger partial charge in [0, 0.05) is 16.3 Å². The van der Waals surface area contributed by atoms with E-state index < -0.39 is 0 Å². The molecule has 0 atom stereocenters.